The molecular formula is C8H24NSi2Sn. The van der Waals surface area contributed by atoms with Crippen molar-refractivity contribution >= 4 is 35.8 Å². The summed E-state index contributed by atoms with van der Waals surface area (Å²) in [5, 5.41) is 0. The SMILES string of the molecule is C[Si](C)[N]([Si](C)(C)C)[Sn]([CH3])([CH3])[CH3]. The predicted molar refractivity (Wildman–Crippen MR) is 66.0 cm³/mol. The molecule has 0 unspecified atom stereocenters. The fourth-order valence-corrected chi connectivity index (χ4v) is 39.8. The Morgan fingerprint density at radius 2 is 1.33 bits per heavy atom. The minimum absolute atomic E-state index is 0.199. The van der Waals surface area contributed by atoms with Gasteiger partial charge in [-0.05, 0) is 0 Å². The molecule has 0 aliphatic carbocycles. The molecule has 4 heteroatoms. The maximum atomic E-state index is 2.99. The quantitative estimate of drug-likeness (QED) is 0.724. The van der Waals surface area contributed by atoms with Crippen molar-refractivity contribution in [2.45, 2.75) is 47.6 Å². The summed E-state index contributed by atoms with van der Waals surface area (Å²) in [5.74, 6) is 0. The van der Waals surface area contributed by atoms with Gasteiger partial charge in [0.2, 0.25) is 0 Å². The van der Waals surface area contributed by atoms with E-state index >= 15 is 0 Å². The zero-order valence-electron chi connectivity index (χ0n) is 9.95. The molecule has 0 fully saturated rings. The van der Waals surface area contributed by atoms with E-state index in [1.165, 1.54) is 0 Å². The van der Waals surface area contributed by atoms with Crippen LogP contribution in [0.15, 0.2) is 0 Å². The minimum atomic E-state index is -1.77. The van der Waals surface area contributed by atoms with Crippen molar-refractivity contribution < 1.29 is 0 Å². The topological polar surface area (TPSA) is 3.24 Å². The molecule has 12 heavy (non-hydrogen) atoms. The second-order valence-electron chi connectivity index (χ2n) is 5.62. The van der Waals surface area contributed by atoms with Crippen LogP contribution in [0.3, 0.4) is 0 Å². The Hall–Kier alpha value is 1.19. The van der Waals surface area contributed by atoms with Crippen molar-refractivity contribution in [3.63, 3.8) is 0 Å². The molecule has 0 saturated carbocycles. The molecule has 0 aromatic carbocycles. The molecule has 0 saturated heterocycles. The first kappa shape index (κ1) is 13.2. The molecule has 0 aromatic heterocycles. The Kier molecular flexibility index (Phi) is 4.56. The van der Waals surface area contributed by atoms with Crippen LogP contribution >= 0.6 is 0 Å². The first-order valence-electron chi connectivity index (χ1n) is 4.67. The van der Waals surface area contributed by atoms with Gasteiger partial charge in [-0.15, -0.1) is 0 Å². The number of hydrogen-bond donors (Lipinski definition) is 0. The van der Waals surface area contributed by atoms with Crippen LogP contribution in [0.5, 0.6) is 0 Å². The van der Waals surface area contributed by atoms with E-state index in [9.17, 15) is 0 Å². The van der Waals surface area contributed by atoms with Crippen LogP contribution in [0.25, 0.3) is 0 Å². The first-order valence-corrected chi connectivity index (χ1v) is 20.4. The maximum absolute atomic E-state index is 2.99. The van der Waals surface area contributed by atoms with Crippen LogP contribution in [-0.4, -0.2) is 38.3 Å². The van der Waals surface area contributed by atoms with Crippen molar-refractivity contribution in [1.29, 1.82) is 0 Å². The summed E-state index contributed by atoms with van der Waals surface area (Å²) in [6.45, 7) is 12.4. The van der Waals surface area contributed by atoms with E-state index in [1.54, 1.807) is 0 Å². The second-order valence-corrected chi connectivity index (χ2v) is 29.4. The van der Waals surface area contributed by atoms with E-state index in [0.717, 1.165) is 0 Å². The third-order valence-corrected chi connectivity index (χ3v) is 29.8. The van der Waals surface area contributed by atoms with Crippen molar-refractivity contribution in [3.05, 3.63) is 0 Å². The van der Waals surface area contributed by atoms with Gasteiger partial charge in [0.1, 0.15) is 0 Å². The molecule has 0 amide bonds. The summed E-state index contributed by atoms with van der Waals surface area (Å²) in [6, 6.07) is 0. The average Bonchev–Trinajstić information content (AvgIpc) is 1.49. The summed E-state index contributed by atoms with van der Waals surface area (Å²) in [6.07, 6.45) is 0. The van der Waals surface area contributed by atoms with Crippen LogP contribution in [-0.2, 0) is 0 Å². The molecule has 0 heterocycles. The van der Waals surface area contributed by atoms with Gasteiger partial charge in [-0.25, -0.2) is 0 Å². The summed E-state index contributed by atoms with van der Waals surface area (Å²) >= 11 is -1.77. The van der Waals surface area contributed by atoms with E-state index < -0.39 is 26.9 Å². The molecular weight excluding hydrogens is 285 g/mol. The van der Waals surface area contributed by atoms with Gasteiger partial charge in [0.25, 0.3) is 0 Å². The molecule has 0 N–H and O–H groups in total. The molecule has 0 aromatic rings. The van der Waals surface area contributed by atoms with E-state index in [-0.39, 0.29) is 8.96 Å². The summed E-state index contributed by atoms with van der Waals surface area (Å²) in [5.41, 5.74) is 0. The Bertz CT molecular complexity index is 132. The van der Waals surface area contributed by atoms with E-state index in [4.69, 9.17) is 0 Å². The summed E-state index contributed by atoms with van der Waals surface area (Å²) < 4.78 is 2.99. The van der Waals surface area contributed by atoms with Crippen molar-refractivity contribution in [2.24, 2.45) is 0 Å². The van der Waals surface area contributed by atoms with Gasteiger partial charge >= 0.3 is 85.9 Å². The van der Waals surface area contributed by atoms with Gasteiger partial charge in [-0.3, -0.25) is 0 Å². The number of hydrogen-bond acceptors (Lipinski definition) is 1. The zero-order valence-corrected chi connectivity index (χ0v) is 14.8. The fourth-order valence-electron chi connectivity index (χ4n) is 2.35. The third-order valence-electron chi connectivity index (χ3n) is 1.79. The summed E-state index contributed by atoms with van der Waals surface area (Å²) in [4.78, 5) is 7.64. The monoisotopic (exact) mass is 310 g/mol. The van der Waals surface area contributed by atoms with Gasteiger partial charge in [0, 0.05) is 0 Å². The molecule has 0 aliphatic rings. The van der Waals surface area contributed by atoms with E-state index in [1.807, 2.05) is 0 Å². The van der Waals surface area contributed by atoms with Gasteiger partial charge in [0.15, 0.2) is 0 Å². The predicted octanol–water partition coefficient (Wildman–Crippen LogP) is 3.21. The second kappa shape index (κ2) is 4.15. The third kappa shape index (κ3) is 3.93. The van der Waals surface area contributed by atoms with Crippen molar-refractivity contribution in [2.75, 3.05) is 0 Å². The van der Waals surface area contributed by atoms with E-state index in [2.05, 4.69) is 50.0 Å². The Morgan fingerprint density at radius 1 is 1.00 bits per heavy atom. The number of rotatable bonds is 3. The standard InChI is InChI=1S/C5H15NSi2.3CH3.Sn/c1-7(2)6-8(3,4)5;;;;/h1-5H3;3*1H3;/q-1;;;;+1. The van der Waals surface area contributed by atoms with Crippen molar-refractivity contribution in [1.82, 2.24) is 2.45 Å². The van der Waals surface area contributed by atoms with Gasteiger partial charge in [-0.2, -0.15) is 0 Å². The van der Waals surface area contributed by atoms with Gasteiger partial charge < -0.3 is 0 Å². The summed E-state index contributed by atoms with van der Waals surface area (Å²) in [7, 11) is -1.21. The van der Waals surface area contributed by atoms with Gasteiger partial charge in [0.05, 0.1) is 0 Å². The fraction of sp³-hybridized carbons (Fsp3) is 1.00. The van der Waals surface area contributed by atoms with Crippen LogP contribution < -0.4 is 0 Å². The normalized spacial score (nSPS) is 14.5. The van der Waals surface area contributed by atoms with Crippen LogP contribution in [0.1, 0.15) is 0 Å². The molecule has 0 spiro atoms. The van der Waals surface area contributed by atoms with Crippen LogP contribution in [0, 0.1) is 0 Å². The number of nitrogens with zero attached hydrogens (tertiary/aromatic N) is 1. The molecule has 0 rings (SSSR count). The molecule has 0 bridgehead atoms. The average molecular weight is 309 g/mol. The Morgan fingerprint density at radius 3 is 1.33 bits per heavy atom. The molecule has 73 valence electrons. The van der Waals surface area contributed by atoms with Crippen LogP contribution in [0.2, 0.25) is 47.6 Å². The first-order chi connectivity index (χ1) is 5.07. The molecule has 0 atom stereocenters. The van der Waals surface area contributed by atoms with Gasteiger partial charge in [-0.1, -0.05) is 0 Å². The molecule has 1 nitrogen and oxygen atoms in total. The Balaban J connectivity index is 4.70. The van der Waals surface area contributed by atoms with Crippen molar-refractivity contribution in [3.8, 4) is 0 Å². The molecule has 1 radical (unpaired) electrons. The molecule has 0 aliphatic heterocycles. The Labute approximate surface area is 85.5 Å². The zero-order chi connectivity index (χ0) is 10.2. The van der Waals surface area contributed by atoms with Crippen LogP contribution in [0.4, 0.5) is 0 Å². The van der Waals surface area contributed by atoms with E-state index in [0.29, 0.717) is 0 Å².